The Hall–Kier alpha value is -2.08. The molecule has 1 aliphatic carbocycles. The minimum absolute atomic E-state index is 0.0197. The van der Waals surface area contributed by atoms with Crippen molar-refractivity contribution in [2.45, 2.75) is 32.2 Å². The molecule has 0 spiro atoms. The Morgan fingerprint density at radius 2 is 2.17 bits per heavy atom. The summed E-state index contributed by atoms with van der Waals surface area (Å²) in [4.78, 5) is 23.9. The SMILES string of the molecule is CC1CC(=O)Nc2ccc(C(=O)NCCOCC3CC3)cc2N1. The molecule has 1 atom stereocenters. The summed E-state index contributed by atoms with van der Waals surface area (Å²) in [5.74, 6) is 0.583. The first-order valence-corrected chi connectivity index (χ1v) is 8.18. The molecule has 0 aromatic heterocycles. The number of hydrogen-bond donors (Lipinski definition) is 3. The highest BCUT2D eigenvalue weighted by Gasteiger charge is 2.21. The van der Waals surface area contributed by atoms with Gasteiger partial charge in [0.25, 0.3) is 5.91 Å². The van der Waals surface area contributed by atoms with Crippen LogP contribution in [0.25, 0.3) is 0 Å². The molecule has 2 aliphatic rings. The average molecular weight is 317 g/mol. The maximum absolute atomic E-state index is 12.2. The third-order valence-electron chi connectivity index (χ3n) is 4.03. The van der Waals surface area contributed by atoms with Crippen LogP contribution in [0.1, 0.15) is 36.5 Å². The quantitative estimate of drug-likeness (QED) is 0.701. The van der Waals surface area contributed by atoms with Crippen LogP contribution >= 0.6 is 0 Å². The molecule has 0 saturated heterocycles. The second kappa shape index (κ2) is 7.00. The van der Waals surface area contributed by atoms with Crippen LogP contribution in [0, 0.1) is 5.92 Å². The van der Waals surface area contributed by atoms with Gasteiger partial charge >= 0.3 is 0 Å². The van der Waals surface area contributed by atoms with E-state index in [1.54, 1.807) is 18.2 Å². The average Bonchev–Trinajstić information content (AvgIpc) is 3.32. The summed E-state index contributed by atoms with van der Waals surface area (Å²) >= 11 is 0. The number of hydrogen-bond acceptors (Lipinski definition) is 4. The van der Waals surface area contributed by atoms with E-state index in [0.29, 0.717) is 30.8 Å². The fourth-order valence-corrected chi connectivity index (χ4v) is 2.58. The Balaban J connectivity index is 1.54. The molecular weight excluding hydrogens is 294 g/mol. The third-order valence-corrected chi connectivity index (χ3v) is 4.03. The van der Waals surface area contributed by atoms with Crippen LogP contribution in [-0.4, -0.2) is 37.6 Å². The second-order valence-corrected chi connectivity index (χ2v) is 6.33. The van der Waals surface area contributed by atoms with Gasteiger partial charge in [0.1, 0.15) is 0 Å². The van der Waals surface area contributed by atoms with Gasteiger partial charge in [-0.25, -0.2) is 0 Å². The van der Waals surface area contributed by atoms with Crippen molar-refractivity contribution < 1.29 is 14.3 Å². The molecule has 3 N–H and O–H groups in total. The Morgan fingerprint density at radius 3 is 2.96 bits per heavy atom. The first kappa shape index (κ1) is 15.8. The summed E-state index contributed by atoms with van der Waals surface area (Å²) in [5.41, 5.74) is 2.06. The number of ether oxygens (including phenoxy) is 1. The summed E-state index contributed by atoms with van der Waals surface area (Å²) < 4.78 is 5.50. The maximum Gasteiger partial charge on any atom is 0.251 e. The number of benzene rings is 1. The van der Waals surface area contributed by atoms with Gasteiger partial charge in [-0.05, 0) is 43.9 Å². The van der Waals surface area contributed by atoms with Gasteiger partial charge in [-0.15, -0.1) is 0 Å². The minimum Gasteiger partial charge on any atom is -0.380 e. The van der Waals surface area contributed by atoms with E-state index >= 15 is 0 Å². The van der Waals surface area contributed by atoms with Crippen molar-refractivity contribution >= 4 is 23.2 Å². The largest absolute Gasteiger partial charge is 0.380 e. The lowest BCUT2D eigenvalue weighted by molar-refractivity contribution is -0.116. The van der Waals surface area contributed by atoms with Crippen LogP contribution < -0.4 is 16.0 Å². The van der Waals surface area contributed by atoms with E-state index in [1.165, 1.54) is 12.8 Å². The second-order valence-electron chi connectivity index (χ2n) is 6.33. The topological polar surface area (TPSA) is 79.5 Å². The predicted molar refractivity (Wildman–Crippen MR) is 88.6 cm³/mol. The normalized spacial score (nSPS) is 20.0. The Morgan fingerprint density at radius 1 is 1.35 bits per heavy atom. The standard InChI is InChI=1S/C17H23N3O3/c1-11-8-16(21)20-14-5-4-13(9-15(14)19-11)17(22)18-6-7-23-10-12-2-3-12/h4-5,9,11-12,19H,2-3,6-8,10H2,1H3,(H,18,22)(H,20,21). The molecule has 1 aromatic rings. The molecule has 1 saturated carbocycles. The number of nitrogens with one attached hydrogen (secondary N) is 3. The number of anilines is 2. The fourth-order valence-electron chi connectivity index (χ4n) is 2.58. The molecule has 2 amide bonds. The summed E-state index contributed by atoms with van der Waals surface area (Å²) in [6.45, 7) is 3.79. The molecule has 6 heteroatoms. The van der Waals surface area contributed by atoms with Crippen LogP contribution in [0.4, 0.5) is 11.4 Å². The molecule has 1 heterocycles. The van der Waals surface area contributed by atoms with Crippen molar-refractivity contribution in [3.63, 3.8) is 0 Å². The first-order chi connectivity index (χ1) is 11.1. The molecule has 124 valence electrons. The Kier molecular flexibility index (Phi) is 4.81. The van der Waals surface area contributed by atoms with E-state index < -0.39 is 0 Å². The lowest BCUT2D eigenvalue weighted by Crippen LogP contribution is -2.27. The third kappa shape index (κ3) is 4.45. The molecule has 3 rings (SSSR count). The zero-order chi connectivity index (χ0) is 16.2. The Labute approximate surface area is 136 Å². The highest BCUT2D eigenvalue weighted by atomic mass is 16.5. The zero-order valence-electron chi connectivity index (χ0n) is 13.4. The molecule has 23 heavy (non-hydrogen) atoms. The molecular formula is C17H23N3O3. The van der Waals surface area contributed by atoms with Crippen LogP contribution in [0.5, 0.6) is 0 Å². The lowest BCUT2D eigenvalue weighted by Gasteiger charge is -2.13. The van der Waals surface area contributed by atoms with Crippen molar-refractivity contribution in [1.29, 1.82) is 0 Å². The number of rotatable bonds is 6. The minimum atomic E-state index is -0.132. The van der Waals surface area contributed by atoms with Crippen LogP contribution in [0.3, 0.4) is 0 Å². The fraction of sp³-hybridized carbons (Fsp3) is 0.529. The van der Waals surface area contributed by atoms with Crippen LogP contribution in [0.15, 0.2) is 18.2 Å². The van der Waals surface area contributed by atoms with Gasteiger partial charge in [0.2, 0.25) is 5.91 Å². The van der Waals surface area contributed by atoms with Gasteiger partial charge in [0, 0.05) is 31.2 Å². The Bertz CT molecular complexity index is 599. The summed E-state index contributed by atoms with van der Waals surface area (Å²) in [6.07, 6.45) is 2.95. The van der Waals surface area contributed by atoms with E-state index in [4.69, 9.17) is 4.74 Å². The number of carbonyl (C=O) groups excluding carboxylic acids is 2. The van der Waals surface area contributed by atoms with Gasteiger partial charge in [-0.3, -0.25) is 9.59 Å². The van der Waals surface area contributed by atoms with E-state index in [-0.39, 0.29) is 17.9 Å². The lowest BCUT2D eigenvalue weighted by atomic mass is 10.1. The molecule has 1 unspecified atom stereocenters. The van der Waals surface area contributed by atoms with E-state index in [0.717, 1.165) is 18.2 Å². The molecule has 6 nitrogen and oxygen atoms in total. The van der Waals surface area contributed by atoms with Crippen molar-refractivity contribution in [1.82, 2.24) is 5.32 Å². The summed E-state index contributed by atoms with van der Waals surface area (Å²) in [5, 5.41) is 8.95. The maximum atomic E-state index is 12.2. The monoisotopic (exact) mass is 317 g/mol. The van der Waals surface area contributed by atoms with Gasteiger partial charge in [-0.1, -0.05) is 0 Å². The highest BCUT2D eigenvalue weighted by Crippen LogP contribution is 2.29. The zero-order valence-corrected chi connectivity index (χ0v) is 13.4. The first-order valence-electron chi connectivity index (χ1n) is 8.18. The van der Waals surface area contributed by atoms with E-state index in [2.05, 4.69) is 16.0 Å². The van der Waals surface area contributed by atoms with Crippen molar-refractivity contribution in [2.24, 2.45) is 5.92 Å². The van der Waals surface area contributed by atoms with Crippen molar-refractivity contribution in [2.75, 3.05) is 30.4 Å². The summed E-state index contributed by atoms with van der Waals surface area (Å²) in [7, 11) is 0. The molecule has 1 aliphatic heterocycles. The van der Waals surface area contributed by atoms with E-state index in [9.17, 15) is 9.59 Å². The number of fused-ring (bicyclic) bond motifs is 1. The van der Waals surface area contributed by atoms with E-state index in [1.807, 2.05) is 6.92 Å². The number of carbonyl (C=O) groups is 2. The van der Waals surface area contributed by atoms with Gasteiger partial charge in [0.05, 0.1) is 18.0 Å². The smallest absolute Gasteiger partial charge is 0.251 e. The van der Waals surface area contributed by atoms with Crippen LogP contribution in [-0.2, 0) is 9.53 Å². The highest BCUT2D eigenvalue weighted by molar-refractivity contribution is 6.00. The number of amides is 2. The predicted octanol–water partition coefficient (Wildman–Crippen LogP) is 1.99. The molecule has 0 bridgehead atoms. The van der Waals surface area contributed by atoms with Crippen molar-refractivity contribution in [3.8, 4) is 0 Å². The van der Waals surface area contributed by atoms with Gasteiger partial charge < -0.3 is 20.7 Å². The molecule has 1 aromatic carbocycles. The molecule has 0 radical (unpaired) electrons. The van der Waals surface area contributed by atoms with Crippen molar-refractivity contribution in [3.05, 3.63) is 23.8 Å². The van der Waals surface area contributed by atoms with Gasteiger partial charge in [-0.2, -0.15) is 0 Å². The van der Waals surface area contributed by atoms with Gasteiger partial charge in [0.15, 0.2) is 0 Å². The molecule has 1 fully saturated rings. The summed E-state index contributed by atoms with van der Waals surface area (Å²) in [6, 6.07) is 5.29. The van der Waals surface area contributed by atoms with Crippen LogP contribution in [0.2, 0.25) is 0 Å².